The Morgan fingerprint density at radius 1 is 1.00 bits per heavy atom. The molecular weight excluding hydrogens is 364 g/mol. The van der Waals surface area contributed by atoms with Gasteiger partial charge >= 0.3 is 0 Å². The maximum Gasteiger partial charge on any atom is 0.240 e. The van der Waals surface area contributed by atoms with E-state index in [2.05, 4.69) is 39.4 Å². The minimum atomic E-state index is -3.41. The van der Waals surface area contributed by atoms with E-state index in [4.69, 9.17) is 0 Å². The van der Waals surface area contributed by atoms with Gasteiger partial charge in [-0.2, -0.15) is 0 Å². The quantitative estimate of drug-likeness (QED) is 0.627. The number of hydrogen-bond acceptors (Lipinski definition) is 3. The Hall–Kier alpha value is -0.430. The smallest absolute Gasteiger partial charge is 0.240 e. The van der Waals surface area contributed by atoms with E-state index in [1.54, 1.807) is 24.3 Å². The van der Waals surface area contributed by atoms with Gasteiger partial charge in [0, 0.05) is 17.6 Å². The Balaban J connectivity index is 2.49. The normalized spacial score (nSPS) is 12.0. The monoisotopic (exact) mass is 390 g/mol. The Kier molecular flexibility index (Phi) is 9.24. The molecule has 1 rings (SSSR count). The van der Waals surface area contributed by atoms with Crippen LogP contribution in [0, 0.1) is 0 Å². The fraction of sp³-hybridized carbons (Fsp3) is 0.625. The summed E-state index contributed by atoms with van der Waals surface area (Å²) in [5.74, 6) is 0. The summed E-state index contributed by atoms with van der Waals surface area (Å²) in [5.41, 5.74) is 0. The number of benzene rings is 1. The van der Waals surface area contributed by atoms with Crippen molar-refractivity contribution in [3.63, 3.8) is 0 Å². The van der Waals surface area contributed by atoms with E-state index in [1.807, 2.05) is 0 Å². The molecular formula is C16H27BrN2O2S. The summed E-state index contributed by atoms with van der Waals surface area (Å²) in [6.07, 6.45) is 4.63. The Labute approximate surface area is 143 Å². The van der Waals surface area contributed by atoms with Crippen molar-refractivity contribution in [2.75, 3.05) is 26.2 Å². The van der Waals surface area contributed by atoms with Crippen molar-refractivity contribution in [3.8, 4) is 0 Å². The third-order valence-corrected chi connectivity index (χ3v) is 5.51. The predicted molar refractivity (Wildman–Crippen MR) is 95.6 cm³/mol. The fourth-order valence-electron chi connectivity index (χ4n) is 2.13. The largest absolute Gasteiger partial charge is 0.302 e. The van der Waals surface area contributed by atoms with Crippen LogP contribution in [0.15, 0.2) is 33.6 Å². The molecule has 0 amide bonds. The zero-order valence-electron chi connectivity index (χ0n) is 13.5. The molecule has 4 nitrogen and oxygen atoms in total. The maximum absolute atomic E-state index is 12.2. The topological polar surface area (TPSA) is 49.4 Å². The van der Waals surface area contributed by atoms with Crippen molar-refractivity contribution in [1.29, 1.82) is 0 Å². The first-order valence-corrected chi connectivity index (χ1v) is 10.2. The molecule has 0 aliphatic rings. The summed E-state index contributed by atoms with van der Waals surface area (Å²) in [6.45, 7) is 7.64. The molecule has 0 heterocycles. The number of hydrogen-bond donors (Lipinski definition) is 1. The molecule has 6 heteroatoms. The van der Waals surface area contributed by atoms with Gasteiger partial charge in [0.2, 0.25) is 10.0 Å². The molecule has 0 unspecified atom stereocenters. The van der Waals surface area contributed by atoms with E-state index in [1.165, 1.54) is 0 Å². The van der Waals surface area contributed by atoms with E-state index >= 15 is 0 Å². The van der Waals surface area contributed by atoms with Crippen LogP contribution in [0.5, 0.6) is 0 Å². The van der Waals surface area contributed by atoms with Crippen LogP contribution in [0.4, 0.5) is 0 Å². The second-order valence-electron chi connectivity index (χ2n) is 5.40. The van der Waals surface area contributed by atoms with E-state index < -0.39 is 10.0 Å². The minimum Gasteiger partial charge on any atom is -0.302 e. The maximum atomic E-state index is 12.2. The number of nitrogens with zero attached hydrogens (tertiary/aromatic N) is 1. The lowest BCUT2D eigenvalue weighted by Crippen LogP contribution is -2.36. The number of unbranched alkanes of at least 4 members (excludes halogenated alkanes) is 2. The molecule has 0 saturated carbocycles. The molecule has 0 aromatic heterocycles. The molecule has 0 saturated heterocycles. The van der Waals surface area contributed by atoms with Gasteiger partial charge in [0.25, 0.3) is 0 Å². The van der Waals surface area contributed by atoms with Crippen LogP contribution in [0.1, 0.15) is 39.5 Å². The van der Waals surface area contributed by atoms with E-state index in [-0.39, 0.29) is 0 Å². The summed E-state index contributed by atoms with van der Waals surface area (Å²) < 4.78 is 28.0. The van der Waals surface area contributed by atoms with Crippen molar-refractivity contribution < 1.29 is 8.42 Å². The summed E-state index contributed by atoms with van der Waals surface area (Å²) >= 11 is 3.31. The highest BCUT2D eigenvalue weighted by atomic mass is 79.9. The zero-order valence-corrected chi connectivity index (χ0v) is 15.9. The summed E-state index contributed by atoms with van der Waals surface area (Å²) in [7, 11) is -3.41. The SMILES string of the molecule is CCCCN(CCCC)CCNS(=O)(=O)c1ccc(Br)cc1. The molecule has 0 bridgehead atoms. The average molecular weight is 391 g/mol. The number of sulfonamides is 1. The van der Waals surface area contributed by atoms with Crippen LogP contribution in [-0.2, 0) is 10.0 Å². The van der Waals surface area contributed by atoms with Crippen molar-refractivity contribution >= 4 is 26.0 Å². The van der Waals surface area contributed by atoms with Crippen LogP contribution >= 0.6 is 15.9 Å². The molecule has 0 aliphatic heterocycles. The van der Waals surface area contributed by atoms with Gasteiger partial charge in [-0.1, -0.05) is 42.6 Å². The van der Waals surface area contributed by atoms with Gasteiger partial charge in [0.15, 0.2) is 0 Å². The van der Waals surface area contributed by atoms with Crippen molar-refractivity contribution in [3.05, 3.63) is 28.7 Å². The van der Waals surface area contributed by atoms with Crippen molar-refractivity contribution in [1.82, 2.24) is 9.62 Å². The standard InChI is InChI=1S/C16H27BrN2O2S/c1-3-5-12-19(13-6-4-2)14-11-18-22(20,21)16-9-7-15(17)8-10-16/h7-10,18H,3-6,11-14H2,1-2H3. The second-order valence-corrected chi connectivity index (χ2v) is 8.08. The lowest BCUT2D eigenvalue weighted by atomic mass is 10.2. The van der Waals surface area contributed by atoms with Crippen LogP contribution in [0.3, 0.4) is 0 Å². The molecule has 22 heavy (non-hydrogen) atoms. The van der Waals surface area contributed by atoms with Crippen LogP contribution in [0.25, 0.3) is 0 Å². The lowest BCUT2D eigenvalue weighted by Gasteiger charge is -2.22. The molecule has 0 spiro atoms. The second kappa shape index (κ2) is 10.4. The fourth-order valence-corrected chi connectivity index (χ4v) is 3.42. The van der Waals surface area contributed by atoms with Gasteiger partial charge in [-0.3, -0.25) is 0 Å². The van der Waals surface area contributed by atoms with Crippen LogP contribution in [0.2, 0.25) is 0 Å². The predicted octanol–water partition coefficient (Wildman–Crippen LogP) is 3.63. The summed E-state index contributed by atoms with van der Waals surface area (Å²) in [4.78, 5) is 2.65. The third-order valence-electron chi connectivity index (χ3n) is 3.50. The molecule has 0 fully saturated rings. The van der Waals surface area contributed by atoms with Gasteiger partial charge < -0.3 is 4.90 Å². The van der Waals surface area contributed by atoms with Crippen LogP contribution < -0.4 is 4.72 Å². The Morgan fingerprint density at radius 3 is 2.05 bits per heavy atom. The highest BCUT2D eigenvalue weighted by Gasteiger charge is 2.13. The number of nitrogens with one attached hydrogen (secondary N) is 1. The van der Waals surface area contributed by atoms with Gasteiger partial charge in [-0.05, 0) is 50.2 Å². The minimum absolute atomic E-state index is 0.310. The van der Waals surface area contributed by atoms with Gasteiger partial charge in [0.05, 0.1) is 4.90 Å². The first kappa shape index (κ1) is 19.6. The first-order chi connectivity index (χ1) is 10.5. The van der Waals surface area contributed by atoms with E-state index in [0.717, 1.165) is 49.8 Å². The Bertz CT molecular complexity index is 509. The van der Waals surface area contributed by atoms with Gasteiger partial charge in [0.1, 0.15) is 0 Å². The lowest BCUT2D eigenvalue weighted by molar-refractivity contribution is 0.269. The Morgan fingerprint density at radius 2 is 1.55 bits per heavy atom. The molecule has 0 atom stereocenters. The molecule has 1 N–H and O–H groups in total. The van der Waals surface area contributed by atoms with Gasteiger partial charge in [-0.25, -0.2) is 13.1 Å². The summed E-state index contributed by atoms with van der Waals surface area (Å²) in [5, 5.41) is 0. The molecule has 0 radical (unpaired) electrons. The summed E-state index contributed by atoms with van der Waals surface area (Å²) in [6, 6.07) is 6.70. The number of rotatable bonds is 11. The van der Waals surface area contributed by atoms with Crippen molar-refractivity contribution in [2.45, 2.75) is 44.4 Å². The zero-order chi connectivity index (χ0) is 16.4. The van der Waals surface area contributed by atoms with E-state index in [0.29, 0.717) is 11.4 Å². The third kappa shape index (κ3) is 7.22. The molecule has 1 aromatic rings. The molecule has 0 aliphatic carbocycles. The highest BCUT2D eigenvalue weighted by molar-refractivity contribution is 9.10. The average Bonchev–Trinajstić information content (AvgIpc) is 2.49. The van der Waals surface area contributed by atoms with Crippen molar-refractivity contribution in [2.24, 2.45) is 0 Å². The van der Waals surface area contributed by atoms with Gasteiger partial charge in [-0.15, -0.1) is 0 Å². The first-order valence-electron chi connectivity index (χ1n) is 7.97. The molecule has 126 valence electrons. The number of halogens is 1. The van der Waals surface area contributed by atoms with Crippen LogP contribution in [-0.4, -0.2) is 39.5 Å². The molecule has 1 aromatic carbocycles. The van der Waals surface area contributed by atoms with E-state index in [9.17, 15) is 8.42 Å². The highest BCUT2D eigenvalue weighted by Crippen LogP contribution is 2.14.